The van der Waals surface area contributed by atoms with Crippen LogP contribution in [0.15, 0.2) is 0 Å². The van der Waals surface area contributed by atoms with Crippen molar-refractivity contribution in [2.45, 2.75) is 18.7 Å². The summed E-state index contributed by atoms with van der Waals surface area (Å²) < 4.78 is 0. The Morgan fingerprint density at radius 2 is 2.20 bits per heavy atom. The number of carboxylic acid groups (broad SMARTS) is 1. The van der Waals surface area contributed by atoms with Crippen molar-refractivity contribution in [3.63, 3.8) is 0 Å². The topological polar surface area (TPSA) is 57.5 Å². The SMILES string of the molecule is CC(CC(Cl)CO)C(=O)O. The molecule has 2 unspecified atom stereocenters. The Morgan fingerprint density at radius 3 is 2.50 bits per heavy atom. The Balaban J connectivity index is 3.56. The van der Waals surface area contributed by atoms with Crippen LogP contribution in [0.1, 0.15) is 13.3 Å². The van der Waals surface area contributed by atoms with Gasteiger partial charge in [-0.15, -0.1) is 11.6 Å². The molecule has 3 nitrogen and oxygen atoms in total. The van der Waals surface area contributed by atoms with Crippen LogP contribution in [0.2, 0.25) is 0 Å². The van der Waals surface area contributed by atoms with Gasteiger partial charge in [-0.2, -0.15) is 0 Å². The molecule has 4 heteroatoms. The number of hydrogen-bond donors (Lipinski definition) is 2. The van der Waals surface area contributed by atoms with Gasteiger partial charge in [-0.1, -0.05) is 6.92 Å². The Morgan fingerprint density at radius 1 is 1.70 bits per heavy atom. The van der Waals surface area contributed by atoms with Crippen molar-refractivity contribution in [3.8, 4) is 0 Å². The molecule has 0 radical (unpaired) electrons. The fourth-order valence-electron chi connectivity index (χ4n) is 0.559. The molecule has 0 aliphatic heterocycles. The highest BCUT2D eigenvalue weighted by Crippen LogP contribution is 2.10. The van der Waals surface area contributed by atoms with Crippen LogP contribution in [0, 0.1) is 5.92 Å². The Kier molecular flexibility index (Phi) is 4.40. The first-order valence-corrected chi connectivity index (χ1v) is 3.49. The molecule has 10 heavy (non-hydrogen) atoms. The zero-order valence-electron chi connectivity index (χ0n) is 5.75. The van der Waals surface area contributed by atoms with Crippen molar-refractivity contribution in [2.75, 3.05) is 6.61 Å². The van der Waals surface area contributed by atoms with Gasteiger partial charge in [0.05, 0.1) is 17.9 Å². The molecule has 2 N–H and O–H groups in total. The number of carboxylic acids is 1. The summed E-state index contributed by atoms with van der Waals surface area (Å²) in [7, 11) is 0. The van der Waals surface area contributed by atoms with E-state index in [1.165, 1.54) is 0 Å². The van der Waals surface area contributed by atoms with Crippen molar-refractivity contribution in [3.05, 3.63) is 0 Å². The number of halogens is 1. The number of carbonyl (C=O) groups is 1. The lowest BCUT2D eigenvalue weighted by molar-refractivity contribution is -0.141. The highest BCUT2D eigenvalue weighted by Gasteiger charge is 2.15. The van der Waals surface area contributed by atoms with Gasteiger partial charge in [-0.25, -0.2) is 0 Å². The summed E-state index contributed by atoms with van der Waals surface area (Å²) in [6, 6.07) is 0. The van der Waals surface area contributed by atoms with Crippen molar-refractivity contribution >= 4 is 17.6 Å². The van der Waals surface area contributed by atoms with Crippen LogP contribution in [0.3, 0.4) is 0 Å². The smallest absolute Gasteiger partial charge is 0.306 e. The number of aliphatic carboxylic acids is 1. The minimum absolute atomic E-state index is 0.167. The van der Waals surface area contributed by atoms with Crippen molar-refractivity contribution in [2.24, 2.45) is 5.92 Å². The van der Waals surface area contributed by atoms with Crippen LogP contribution >= 0.6 is 11.6 Å². The summed E-state index contributed by atoms with van der Waals surface area (Å²) in [4.78, 5) is 10.2. The number of hydrogen-bond acceptors (Lipinski definition) is 2. The van der Waals surface area contributed by atoms with Crippen molar-refractivity contribution in [1.82, 2.24) is 0 Å². The second kappa shape index (κ2) is 4.52. The standard InChI is InChI=1S/C6H11ClO3/c1-4(6(9)10)2-5(7)3-8/h4-5,8H,2-3H2,1H3,(H,9,10). The molecular weight excluding hydrogens is 156 g/mol. The monoisotopic (exact) mass is 166 g/mol. The average Bonchev–Trinajstić information content (AvgIpc) is 1.87. The van der Waals surface area contributed by atoms with E-state index < -0.39 is 17.3 Å². The van der Waals surface area contributed by atoms with Crippen LogP contribution < -0.4 is 0 Å². The van der Waals surface area contributed by atoms with E-state index in [0.717, 1.165) is 0 Å². The minimum Gasteiger partial charge on any atom is -0.481 e. The summed E-state index contributed by atoms with van der Waals surface area (Å²) in [6.45, 7) is 1.40. The summed E-state index contributed by atoms with van der Waals surface area (Å²) in [5.74, 6) is -1.35. The molecule has 0 aromatic carbocycles. The van der Waals surface area contributed by atoms with Gasteiger partial charge in [0.2, 0.25) is 0 Å². The van der Waals surface area contributed by atoms with Gasteiger partial charge in [-0.3, -0.25) is 4.79 Å². The third-order valence-corrected chi connectivity index (χ3v) is 1.55. The fourth-order valence-corrected chi connectivity index (χ4v) is 0.826. The van der Waals surface area contributed by atoms with Crippen LogP contribution in [-0.2, 0) is 4.79 Å². The average molecular weight is 167 g/mol. The molecule has 60 valence electrons. The van der Waals surface area contributed by atoms with Crippen molar-refractivity contribution in [1.29, 1.82) is 0 Å². The second-order valence-corrected chi connectivity index (χ2v) is 2.87. The lowest BCUT2D eigenvalue weighted by Crippen LogP contribution is -2.16. The maximum Gasteiger partial charge on any atom is 0.306 e. The number of alkyl halides is 1. The van der Waals surface area contributed by atoms with Crippen LogP contribution in [-0.4, -0.2) is 28.2 Å². The van der Waals surface area contributed by atoms with E-state index in [9.17, 15) is 4.79 Å². The normalized spacial score (nSPS) is 16.3. The maximum absolute atomic E-state index is 10.2. The number of aliphatic hydroxyl groups is 1. The summed E-state index contributed by atoms with van der Waals surface area (Å²) in [5.41, 5.74) is 0. The Hall–Kier alpha value is -0.280. The zero-order valence-corrected chi connectivity index (χ0v) is 6.51. The third kappa shape index (κ3) is 3.69. The first-order valence-electron chi connectivity index (χ1n) is 3.05. The van der Waals surface area contributed by atoms with E-state index in [1.54, 1.807) is 6.92 Å². The third-order valence-electron chi connectivity index (χ3n) is 1.23. The number of aliphatic hydroxyl groups excluding tert-OH is 1. The van der Waals surface area contributed by atoms with Crippen molar-refractivity contribution < 1.29 is 15.0 Å². The summed E-state index contributed by atoms with van der Waals surface area (Å²) in [5, 5.41) is 16.4. The van der Waals surface area contributed by atoms with E-state index in [0.29, 0.717) is 6.42 Å². The van der Waals surface area contributed by atoms with Crippen LogP contribution in [0.5, 0.6) is 0 Å². The molecule has 0 aliphatic carbocycles. The van der Waals surface area contributed by atoms with Crippen LogP contribution in [0.4, 0.5) is 0 Å². The van der Waals surface area contributed by atoms with Gasteiger partial charge in [-0.05, 0) is 6.42 Å². The molecular formula is C6H11ClO3. The zero-order chi connectivity index (χ0) is 8.15. The van der Waals surface area contributed by atoms with E-state index in [1.807, 2.05) is 0 Å². The molecule has 0 saturated carbocycles. The highest BCUT2D eigenvalue weighted by atomic mass is 35.5. The van der Waals surface area contributed by atoms with Gasteiger partial charge in [0, 0.05) is 0 Å². The maximum atomic E-state index is 10.2. The van der Waals surface area contributed by atoms with Gasteiger partial charge in [0.25, 0.3) is 0 Å². The lowest BCUT2D eigenvalue weighted by atomic mass is 10.1. The molecule has 0 saturated heterocycles. The highest BCUT2D eigenvalue weighted by molar-refractivity contribution is 6.20. The summed E-state index contributed by atoms with van der Waals surface area (Å²) >= 11 is 5.49. The van der Waals surface area contributed by atoms with Crippen LogP contribution in [0.25, 0.3) is 0 Å². The predicted octanol–water partition coefficient (Wildman–Crippen LogP) is 0.697. The molecule has 0 fully saturated rings. The lowest BCUT2D eigenvalue weighted by Gasteiger charge is -2.08. The van der Waals surface area contributed by atoms with Gasteiger partial charge in [0.1, 0.15) is 0 Å². The minimum atomic E-state index is -0.876. The van der Waals surface area contributed by atoms with Gasteiger partial charge in [0.15, 0.2) is 0 Å². The predicted molar refractivity (Wildman–Crippen MR) is 38.1 cm³/mol. The van der Waals surface area contributed by atoms with E-state index in [-0.39, 0.29) is 6.61 Å². The molecule has 0 bridgehead atoms. The largest absolute Gasteiger partial charge is 0.481 e. The van der Waals surface area contributed by atoms with E-state index in [2.05, 4.69) is 0 Å². The van der Waals surface area contributed by atoms with Gasteiger partial charge < -0.3 is 10.2 Å². The first kappa shape index (κ1) is 9.72. The molecule has 2 atom stereocenters. The summed E-state index contributed by atoms with van der Waals surface area (Å²) in [6.07, 6.45) is 0.313. The second-order valence-electron chi connectivity index (χ2n) is 2.25. The molecule has 0 aromatic rings. The Bertz CT molecular complexity index is 116. The van der Waals surface area contributed by atoms with E-state index >= 15 is 0 Å². The fraction of sp³-hybridized carbons (Fsp3) is 0.833. The Labute approximate surface area is 64.6 Å². The molecule has 0 heterocycles. The quantitative estimate of drug-likeness (QED) is 0.605. The molecule has 0 spiro atoms. The molecule has 0 amide bonds. The number of rotatable bonds is 4. The van der Waals surface area contributed by atoms with E-state index in [4.69, 9.17) is 21.8 Å². The molecule has 0 rings (SSSR count). The first-order chi connectivity index (χ1) is 4.57. The molecule has 0 aromatic heterocycles. The molecule has 0 aliphatic rings. The van der Waals surface area contributed by atoms with Gasteiger partial charge >= 0.3 is 5.97 Å².